The van der Waals surface area contributed by atoms with E-state index in [1.807, 2.05) is 30.3 Å². The number of hydrogen-bond acceptors (Lipinski definition) is 2. The molecule has 26 heavy (non-hydrogen) atoms. The van der Waals surface area contributed by atoms with Gasteiger partial charge in [0.1, 0.15) is 5.69 Å². The summed E-state index contributed by atoms with van der Waals surface area (Å²) in [5.74, 6) is 0.386. The van der Waals surface area contributed by atoms with E-state index >= 15 is 0 Å². The average molecular weight is 368 g/mol. The van der Waals surface area contributed by atoms with Crippen LogP contribution in [-0.2, 0) is 6.42 Å². The zero-order valence-electron chi connectivity index (χ0n) is 14.4. The number of halogens is 1. The van der Waals surface area contributed by atoms with E-state index < -0.39 is 0 Å². The van der Waals surface area contributed by atoms with Gasteiger partial charge in [-0.15, -0.1) is 0 Å². The summed E-state index contributed by atoms with van der Waals surface area (Å²) < 4.78 is 0. The van der Waals surface area contributed by atoms with E-state index in [1.54, 1.807) is 0 Å². The second-order valence-corrected chi connectivity index (χ2v) is 7.62. The molecule has 1 heterocycles. The molecule has 1 aliphatic rings. The second-order valence-electron chi connectivity index (χ2n) is 7.19. The normalized spacial score (nSPS) is 22.6. The molecule has 0 aliphatic heterocycles. The van der Waals surface area contributed by atoms with Crippen LogP contribution in [0.3, 0.4) is 0 Å². The Kier molecular flexibility index (Phi) is 4.70. The van der Waals surface area contributed by atoms with Gasteiger partial charge in [-0.2, -0.15) is 0 Å². The first-order chi connectivity index (χ1) is 12.6. The number of nitrogens with one attached hydrogen (secondary N) is 2. The molecule has 0 radical (unpaired) electrons. The fraction of sp³-hybridized carbons (Fsp3) is 0.286. The average Bonchev–Trinajstić information content (AvgIpc) is 3.19. The highest BCUT2D eigenvalue weighted by atomic mass is 35.5. The van der Waals surface area contributed by atoms with E-state index in [-0.39, 0.29) is 18.0 Å². The smallest absolute Gasteiger partial charge is 0.268 e. The van der Waals surface area contributed by atoms with Crippen LogP contribution in [0.2, 0.25) is 5.02 Å². The molecular formula is C21H22ClN3O. The van der Waals surface area contributed by atoms with E-state index in [1.165, 1.54) is 5.56 Å². The van der Waals surface area contributed by atoms with Gasteiger partial charge >= 0.3 is 0 Å². The highest BCUT2D eigenvalue weighted by Crippen LogP contribution is 2.28. The Morgan fingerprint density at radius 3 is 2.77 bits per heavy atom. The minimum Gasteiger partial charge on any atom is -0.351 e. The molecule has 134 valence electrons. The van der Waals surface area contributed by atoms with Crippen molar-refractivity contribution in [3.8, 4) is 0 Å². The summed E-state index contributed by atoms with van der Waals surface area (Å²) >= 11 is 6.02. The summed E-state index contributed by atoms with van der Waals surface area (Å²) in [6.45, 7) is 0. The van der Waals surface area contributed by atoms with Gasteiger partial charge in [0.05, 0.1) is 0 Å². The molecule has 1 fully saturated rings. The van der Waals surface area contributed by atoms with Crippen LogP contribution in [0, 0.1) is 5.92 Å². The van der Waals surface area contributed by atoms with Gasteiger partial charge in [-0.25, -0.2) is 0 Å². The van der Waals surface area contributed by atoms with E-state index in [4.69, 9.17) is 17.3 Å². The molecule has 3 atom stereocenters. The number of H-pyrrole nitrogens is 1. The lowest BCUT2D eigenvalue weighted by molar-refractivity contribution is 0.0930. The number of carbonyl (C=O) groups excluding carboxylic acids is 1. The minimum atomic E-state index is -0.113. The Morgan fingerprint density at radius 1 is 1.15 bits per heavy atom. The van der Waals surface area contributed by atoms with Crippen LogP contribution in [0.25, 0.3) is 10.9 Å². The Hall–Kier alpha value is -2.30. The Bertz CT molecular complexity index is 921. The van der Waals surface area contributed by atoms with Gasteiger partial charge in [0, 0.05) is 28.0 Å². The van der Waals surface area contributed by atoms with Crippen LogP contribution < -0.4 is 11.1 Å². The number of rotatable bonds is 4. The molecule has 3 aromatic rings. The van der Waals surface area contributed by atoms with Gasteiger partial charge in [-0.05, 0) is 55.0 Å². The van der Waals surface area contributed by atoms with E-state index in [9.17, 15) is 4.79 Å². The summed E-state index contributed by atoms with van der Waals surface area (Å²) in [6.07, 6.45) is 2.85. The van der Waals surface area contributed by atoms with Crippen molar-refractivity contribution in [2.75, 3.05) is 0 Å². The van der Waals surface area contributed by atoms with Crippen LogP contribution in [-0.4, -0.2) is 23.0 Å². The third-order valence-corrected chi connectivity index (χ3v) is 5.46. The predicted octanol–water partition coefficient (Wildman–Crippen LogP) is 3.90. The number of fused-ring (bicyclic) bond motifs is 1. The van der Waals surface area contributed by atoms with Crippen LogP contribution >= 0.6 is 11.6 Å². The van der Waals surface area contributed by atoms with E-state index in [2.05, 4.69) is 34.6 Å². The molecule has 4 rings (SSSR count). The summed E-state index contributed by atoms with van der Waals surface area (Å²) in [5.41, 5.74) is 9.07. The number of benzene rings is 2. The molecular weight excluding hydrogens is 346 g/mol. The second kappa shape index (κ2) is 7.14. The zero-order chi connectivity index (χ0) is 18.1. The maximum atomic E-state index is 12.6. The molecule has 0 bridgehead atoms. The third-order valence-electron chi connectivity index (χ3n) is 5.22. The first kappa shape index (κ1) is 17.1. The maximum Gasteiger partial charge on any atom is 0.268 e. The number of hydrogen-bond donors (Lipinski definition) is 3. The fourth-order valence-corrected chi connectivity index (χ4v) is 4.11. The highest BCUT2D eigenvalue weighted by molar-refractivity contribution is 6.31. The Labute approximate surface area is 157 Å². The van der Waals surface area contributed by atoms with Gasteiger partial charge in [-0.1, -0.05) is 41.9 Å². The molecule has 2 aromatic carbocycles. The summed E-state index contributed by atoms with van der Waals surface area (Å²) in [6, 6.07) is 17.8. The first-order valence-electron chi connectivity index (χ1n) is 8.97. The highest BCUT2D eigenvalue weighted by Gasteiger charge is 2.33. The predicted molar refractivity (Wildman–Crippen MR) is 105 cm³/mol. The lowest BCUT2D eigenvalue weighted by Crippen LogP contribution is -2.44. The number of aromatic nitrogens is 1. The number of amides is 1. The molecule has 0 spiro atoms. The fourth-order valence-electron chi connectivity index (χ4n) is 3.93. The third kappa shape index (κ3) is 3.62. The molecule has 1 amide bonds. The van der Waals surface area contributed by atoms with Crippen molar-refractivity contribution in [2.45, 2.75) is 31.3 Å². The van der Waals surface area contributed by atoms with Gasteiger partial charge in [-0.3, -0.25) is 4.79 Å². The molecule has 1 aliphatic carbocycles. The lowest BCUT2D eigenvalue weighted by atomic mass is 9.98. The molecule has 4 N–H and O–H groups in total. The van der Waals surface area contributed by atoms with Crippen LogP contribution in [0.4, 0.5) is 0 Å². The number of carbonyl (C=O) groups is 1. The summed E-state index contributed by atoms with van der Waals surface area (Å²) in [5, 5.41) is 4.70. The maximum absolute atomic E-state index is 12.6. The van der Waals surface area contributed by atoms with Crippen molar-refractivity contribution < 1.29 is 4.79 Å². The minimum absolute atomic E-state index is 0.00575. The Balaban J connectivity index is 1.42. The number of aromatic amines is 1. The first-order valence-corrected chi connectivity index (χ1v) is 9.35. The molecule has 1 unspecified atom stereocenters. The molecule has 1 saturated carbocycles. The molecule has 4 nitrogen and oxygen atoms in total. The SMILES string of the molecule is N[C@@H]1CC(Cc2ccccc2)C[C@H]1NC(=O)c1cc2cc(Cl)ccc2[nH]1. The largest absolute Gasteiger partial charge is 0.351 e. The van der Waals surface area contributed by atoms with Crippen molar-refractivity contribution in [3.63, 3.8) is 0 Å². The van der Waals surface area contributed by atoms with Crippen molar-refractivity contribution in [1.29, 1.82) is 0 Å². The van der Waals surface area contributed by atoms with Crippen LogP contribution in [0.5, 0.6) is 0 Å². The van der Waals surface area contributed by atoms with Crippen LogP contribution in [0.15, 0.2) is 54.6 Å². The zero-order valence-corrected chi connectivity index (χ0v) is 15.2. The van der Waals surface area contributed by atoms with Crippen molar-refractivity contribution in [2.24, 2.45) is 11.7 Å². The quantitative estimate of drug-likeness (QED) is 0.654. The topological polar surface area (TPSA) is 70.9 Å². The van der Waals surface area contributed by atoms with Crippen LogP contribution in [0.1, 0.15) is 28.9 Å². The Morgan fingerprint density at radius 2 is 1.96 bits per heavy atom. The van der Waals surface area contributed by atoms with E-state index in [0.29, 0.717) is 16.6 Å². The lowest BCUT2D eigenvalue weighted by Gasteiger charge is -2.16. The standard InChI is InChI=1S/C21H22ClN3O/c22-16-6-7-18-15(11-16)12-20(24-18)21(26)25-19-10-14(9-17(19)23)8-13-4-2-1-3-5-13/h1-7,11-12,14,17,19,24H,8-10,23H2,(H,25,26)/t14?,17-,19-/m1/s1. The van der Waals surface area contributed by atoms with Crippen molar-refractivity contribution in [1.82, 2.24) is 10.3 Å². The summed E-state index contributed by atoms with van der Waals surface area (Å²) in [4.78, 5) is 15.8. The van der Waals surface area contributed by atoms with E-state index in [0.717, 1.165) is 30.2 Å². The summed E-state index contributed by atoms with van der Waals surface area (Å²) in [7, 11) is 0. The van der Waals surface area contributed by atoms with Gasteiger partial charge < -0.3 is 16.0 Å². The monoisotopic (exact) mass is 367 g/mol. The molecule has 5 heteroatoms. The molecule has 1 aromatic heterocycles. The van der Waals surface area contributed by atoms with Crippen molar-refractivity contribution in [3.05, 3.63) is 70.9 Å². The van der Waals surface area contributed by atoms with Gasteiger partial charge in [0.2, 0.25) is 0 Å². The number of nitrogens with two attached hydrogens (primary N) is 1. The van der Waals surface area contributed by atoms with Gasteiger partial charge in [0.25, 0.3) is 5.91 Å². The van der Waals surface area contributed by atoms with Gasteiger partial charge in [0.15, 0.2) is 0 Å². The van der Waals surface area contributed by atoms with Crippen molar-refractivity contribution >= 4 is 28.4 Å². The molecule has 0 saturated heterocycles.